The lowest BCUT2D eigenvalue weighted by Gasteiger charge is -2.24. The van der Waals surface area contributed by atoms with E-state index < -0.39 is 17.9 Å². The van der Waals surface area contributed by atoms with Crippen molar-refractivity contribution in [1.29, 1.82) is 5.41 Å². The lowest BCUT2D eigenvalue weighted by molar-refractivity contribution is -0.159. The number of hydrogen-bond donors (Lipinski definition) is 2. The summed E-state index contributed by atoms with van der Waals surface area (Å²) >= 11 is 1.39. The molecule has 0 aliphatic heterocycles. The second-order valence-corrected chi connectivity index (χ2v) is 4.44. The van der Waals surface area contributed by atoms with Gasteiger partial charge in [0, 0.05) is 18.5 Å². The van der Waals surface area contributed by atoms with Crippen LogP contribution in [0.15, 0.2) is 10.9 Å². The maximum atomic E-state index is 12.5. The summed E-state index contributed by atoms with van der Waals surface area (Å²) in [6, 6.07) is 0. The summed E-state index contributed by atoms with van der Waals surface area (Å²) in [7, 11) is 1.54. The molecule has 0 radical (unpaired) electrons. The summed E-state index contributed by atoms with van der Waals surface area (Å²) in [5.74, 6) is -2.78. The summed E-state index contributed by atoms with van der Waals surface area (Å²) in [6.07, 6.45) is -4.48. The molecule has 1 atom stereocenters. The van der Waals surface area contributed by atoms with Crippen LogP contribution in [0.25, 0.3) is 0 Å². The Bertz CT molecular complexity index is 363. The molecule has 0 spiro atoms. The number of halogens is 3. The maximum absolute atomic E-state index is 12.5. The molecule has 1 unspecified atom stereocenters. The maximum Gasteiger partial charge on any atom is 0.399 e. The first-order chi connectivity index (χ1) is 7.80. The fraction of sp³-hybridized carbons (Fsp3) is 0.556. The van der Waals surface area contributed by atoms with Gasteiger partial charge in [-0.25, -0.2) is 4.98 Å². The molecule has 3 N–H and O–H groups in total. The van der Waals surface area contributed by atoms with Gasteiger partial charge in [-0.2, -0.15) is 13.2 Å². The van der Waals surface area contributed by atoms with E-state index >= 15 is 0 Å². The molecule has 1 aromatic heterocycles. The first-order valence-corrected chi connectivity index (χ1v) is 5.71. The summed E-state index contributed by atoms with van der Waals surface area (Å²) in [5, 5.41) is 8.74. The average molecular weight is 266 g/mol. The zero-order valence-electron chi connectivity index (χ0n) is 9.16. The van der Waals surface area contributed by atoms with Gasteiger partial charge in [0.1, 0.15) is 11.8 Å². The number of alkyl halides is 3. The smallest absolute Gasteiger partial charge is 0.387 e. The van der Waals surface area contributed by atoms with Crippen molar-refractivity contribution in [3.63, 3.8) is 0 Å². The molecule has 0 fully saturated rings. The Morgan fingerprint density at radius 2 is 2.29 bits per heavy atom. The van der Waals surface area contributed by atoms with E-state index in [0.29, 0.717) is 12.2 Å². The number of nitrogens with zero attached hydrogens (tertiary/aromatic N) is 2. The van der Waals surface area contributed by atoms with Crippen molar-refractivity contribution in [2.45, 2.75) is 12.7 Å². The van der Waals surface area contributed by atoms with Crippen molar-refractivity contribution in [2.24, 2.45) is 11.7 Å². The van der Waals surface area contributed by atoms with E-state index in [4.69, 9.17) is 11.1 Å². The van der Waals surface area contributed by atoms with Crippen LogP contribution < -0.4 is 5.73 Å². The highest BCUT2D eigenvalue weighted by Gasteiger charge is 2.42. The Kier molecular flexibility index (Phi) is 4.47. The molecule has 1 rings (SSSR count). The average Bonchev–Trinajstić information content (AvgIpc) is 2.64. The molecule has 0 bridgehead atoms. The minimum absolute atomic E-state index is 0.309. The Labute approximate surface area is 101 Å². The number of nitrogens with one attached hydrogen (secondary N) is 1. The van der Waals surface area contributed by atoms with Crippen LogP contribution in [0.3, 0.4) is 0 Å². The van der Waals surface area contributed by atoms with E-state index in [-0.39, 0.29) is 6.54 Å². The Morgan fingerprint density at radius 3 is 2.71 bits per heavy atom. The Hall–Kier alpha value is -1.15. The van der Waals surface area contributed by atoms with Crippen LogP contribution in [0.5, 0.6) is 0 Å². The van der Waals surface area contributed by atoms with Crippen LogP contribution in [0.4, 0.5) is 13.2 Å². The number of aromatic nitrogens is 1. The van der Waals surface area contributed by atoms with Gasteiger partial charge in [0.2, 0.25) is 0 Å². The van der Waals surface area contributed by atoms with Crippen molar-refractivity contribution in [3.05, 3.63) is 16.6 Å². The number of rotatable bonds is 5. The van der Waals surface area contributed by atoms with Crippen LogP contribution in [-0.2, 0) is 6.54 Å². The zero-order chi connectivity index (χ0) is 13.1. The minimum atomic E-state index is -4.48. The first kappa shape index (κ1) is 13.9. The van der Waals surface area contributed by atoms with Gasteiger partial charge in [-0.3, -0.25) is 10.3 Å². The number of nitrogens with two attached hydrogens (primary N) is 1. The van der Waals surface area contributed by atoms with E-state index in [2.05, 4.69) is 4.98 Å². The molecule has 0 aliphatic carbocycles. The van der Waals surface area contributed by atoms with Crippen molar-refractivity contribution in [2.75, 3.05) is 13.6 Å². The van der Waals surface area contributed by atoms with Crippen LogP contribution in [-0.4, -0.2) is 35.5 Å². The molecular weight excluding hydrogens is 253 g/mol. The van der Waals surface area contributed by atoms with Gasteiger partial charge in [0.25, 0.3) is 0 Å². The van der Waals surface area contributed by atoms with Crippen molar-refractivity contribution in [1.82, 2.24) is 9.88 Å². The van der Waals surface area contributed by atoms with E-state index in [1.807, 2.05) is 0 Å². The molecular formula is C9H13F3N4S. The molecule has 0 saturated carbocycles. The van der Waals surface area contributed by atoms with Crippen LogP contribution in [0.2, 0.25) is 0 Å². The van der Waals surface area contributed by atoms with Crippen LogP contribution >= 0.6 is 11.3 Å². The molecule has 0 saturated heterocycles. The third-order valence-electron chi connectivity index (χ3n) is 2.18. The Morgan fingerprint density at radius 1 is 1.65 bits per heavy atom. The third kappa shape index (κ3) is 4.31. The highest BCUT2D eigenvalue weighted by molar-refractivity contribution is 7.07. The number of amidine groups is 1. The normalized spacial score (nSPS) is 13.9. The monoisotopic (exact) mass is 266 g/mol. The number of hydrogen-bond acceptors (Lipinski definition) is 4. The molecule has 4 nitrogen and oxygen atoms in total. The third-order valence-corrected chi connectivity index (χ3v) is 2.82. The fourth-order valence-electron chi connectivity index (χ4n) is 1.35. The number of thiazole rings is 1. The van der Waals surface area contributed by atoms with Gasteiger partial charge in [-0.15, -0.1) is 11.3 Å². The Balaban J connectivity index is 2.59. The lowest BCUT2D eigenvalue weighted by Crippen LogP contribution is -2.42. The topological polar surface area (TPSA) is 66.0 Å². The van der Waals surface area contributed by atoms with E-state index in [1.54, 1.807) is 17.9 Å². The van der Waals surface area contributed by atoms with Crippen LogP contribution in [0.1, 0.15) is 5.69 Å². The molecule has 1 heterocycles. The molecule has 17 heavy (non-hydrogen) atoms. The van der Waals surface area contributed by atoms with Gasteiger partial charge in [-0.05, 0) is 7.05 Å². The summed E-state index contributed by atoms with van der Waals surface area (Å²) in [5.41, 5.74) is 7.30. The predicted molar refractivity (Wildman–Crippen MR) is 59.9 cm³/mol. The second kappa shape index (κ2) is 5.46. The SMILES string of the molecule is CN(Cc1cscn1)CC(C(=N)N)C(F)(F)F. The van der Waals surface area contributed by atoms with Gasteiger partial charge in [-0.1, -0.05) is 0 Å². The molecule has 0 aromatic carbocycles. The van der Waals surface area contributed by atoms with Crippen LogP contribution in [0, 0.1) is 11.3 Å². The van der Waals surface area contributed by atoms with E-state index in [0.717, 1.165) is 0 Å². The van der Waals surface area contributed by atoms with Crippen molar-refractivity contribution in [3.8, 4) is 0 Å². The fourth-order valence-corrected chi connectivity index (χ4v) is 1.90. The second-order valence-electron chi connectivity index (χ2n) is 3.73. The van der Waals surface area contributed by atoms with E-state index in [1.165, 1.54) is 16.2 Å². The highest BCUT2D eigenvalue weighted by atomic mass is 32.1. The highest BCUT2D eigenvalue weighted by Crippen LogP contribution is 2.26. The molecule has 0 amide bonds. The molecule has 96 valence electrons. The first-order valence-electron chi connectivity index (χ1n) is 4.77. The largest absolute Gasteiger partial charge is 0.399 e. The lowest BCUT2D eigenvalue weighted by atomic mass is 10.1. The molecule has 8 heteroatoms. The minimum Gasteiger partial charge on any atom is -0.387 e. The van der Waals surface area contributed by atoms with Gasteiger partial charge in [0.05, 0.1) is 11.2 Å². The van der Waals surface area contributed by atoms with E-state index in [9.17, 15) is 13.2 Å². The van der Waals surface area contributed by atoms with Crippen molar-refractivity contribution < 1.29 is 13.2 Å². The summed E-state index contributed by atoms with van der Waals surface area (Å²) in [4.78, 5) is 5.43. The zero-order valence-corrected chi connectivity index (χ0v) is 9.98. The van der Waals surface area contributed by atoms with Crippen molar-refractivity contribution >= 4 is 17.2 Å². The van der Waals surface area contributed by atoms with Gasteiger partial charge in [0.15, 0.2) is 0 Å². The van der Waals surface area contributed by atoms with Gasteiger partial charge >= 0.3 is 6.18 Å². The van der Waals surface area contributed by atoms with Gasteiger partial charge < -0.3 is 5.73 Å². The summed E-state index contributed by atoms with van der Waals surface area (Å²) in [6.45, 7) is -0.0281. The summed E-state index contributed by atoms with van der Waals surface area (Å²) < 4.78 is 37.6. The predicted octanol–water partition coefficient (Wildman–Crippen LogP) is 1.69. The standard InChI is InChI=1S/C9H13F3N4S/c1-16(2-6-4-17-5-15-6)3-7(8(13)14)9(10,11)12/h4-5,7H,2-3H2,1H3,(H3,13,14). The molecule has 0 aliphatic rings. The molecule has 1 aromatic rings. The quantitative estimate of drug-likeness (QED) is 0.629.